The highest BCUT2D eigenvalue weighted by atomic mass is 35.5. The quantitative estimate of drug-likeness (QED) is 0.229. The fraction of sp³-hybridized carbons (Fsp3) is 0.207. The van der Waals surface area contributed by atoms with E-state index in [-0.39, 0.29) is 5.91 Å². The molecule has 0 radical (unpaired) electrons. The van der Waals surface area contributed by atoms with E-state index in [4.69, 9.17) is 28.9 Å². The SMILES string of the molecule is CC(C)(N)C(=O)N[C@H](Cc1c[nH]c2ccccc12)c1nnc(Cc2ccccc2)n1-c1ccc(Cl)c(Cl)c1. The third-order valence-electron chi connectivity index (χ3n) is 6.42. The van der Waals surface area contributed by atoms with Crippen molar-refractivity contribution in [3.05, 3.63) is 112 Å². The number of amides is 1. The van der Waals surface area contributed by atoms with Gasteiger partial charge in [0.15, 0.2) is 5.82 Å². The van der Waals surface area contributed by atoms with Gasteiger partial charge in [0.1, 0.15) is 5.82 Å². The zero-order valence-electron chi connectivity index (χ0n) is 21.1. The molecular weight excluding hydrogens is 519 g/mol. The number of aromatic nitrogens is 4. The molecule has 5 aromatic rings. The van der Waals surface area contributed by atoms with E-state index in [1.165, 1.54) is 0 Å². The van der Waals surface area contributed by atoms with Gasteiger partial charge in [-0.15, -0.1) is 10.2 Å². The highest BCUT2D eigenvalue weighted by Gasteiger charge is 2.30. The second-order valence-electron chi connectivity index (χ2n) is 9.88. The Bertz CT molecular complexity index is 1590. The van der Waals surface area contributed by atoms with E-state index in [1.54, 1.807) is 26.0 Å². The predicted octanol–water partition coefficient (Wildman–Crippen LogP) is 5.78. The van der Waals surface area contributed by atoms with Crippen molar-refractivity contribution in [2.24, 2.45) is 5.73 Å². The molecule has 3 aromatic carbocycles. The molecule has 7 nitrogen and oxygen atoms in total. The Kier molecular flexibility index (Phi) is 7.25. The number of hydrogen-bond acceptors (Lipinski definition) is 4. The molecule has 0 aliphatic heterocycles. The van der Waals surface area contributed by atoms with Crippen LogP contribution in [-0.4, -0.2) is 31.2 Å². The zero-order chi connectivity index (χ0) is 26.9. The number of benzene rings is 3. The van der Waals surface area contributed by atoms with Crippen LogP contribution in [-0.2, 0) is 17.6 Å². The fourth-order valence-corrected chi connectivity index (χ4v) is 4.72. The number of hydrogen-bond donors (Lipinski definition) is 3. The summed E-state index contributed by atoms with van der Waals surface area (Å²) < 4.78 is 1.94. The molecule has 0 spiro atoms. The van der Waals surface area contributed by atoms with Crippen LogP contribution in [0.3, 0.4) is 0 Å². The summed E-state index contributed by atoms with van der Waals surface area (Å²) in [5, 5.41) is 14.2. The molecule has 1 amide bonds. The van der Waals surface area contributed by atoms with Crippen molar-refractivity contribution in [1.82, 2.24) is 25.1 Å². The second-order valence-corrected chi connectivity index (χ2v) is 10.7. The molecule has 5 rings (SSSR count). The number of para-hydroxylation sites is 1. The van der Waals surface area contributed by atoms with Crippen LogP contribution in [0.2, 0.25) is 10.0 Å². The van der Waals surface area contributed by atoms with Gasteiger partial charge in [0.05, 0.1) is 27.3 Å². The first-order valence-electron chi connectivity index (χ1n) is 12.3. The van der Waals surface area contributed by atoms with E-state index >= 15 is 0 Å². The topological polar surface area (TPSA) is 102 Å². The Balaban J connectivity index is 1.64. The van der Waals surface area contributed by atoms with Gasteiger partial charge in [-0.1, -0.05) is 71.7 Å². The maximum atomic E-state index is 13.1. The van der Waals surface area contributed by atoms with Crippen LogP contribution < -0.4 is 11.1 Å². The summed E-state index contributed by atoms with van der Waals surface area (Å²) in [4.78, 5) is 16.5. The van der Waals surface area contributed by atoms with E-state index in [9.17, 15) is 4.79 Å². The molecule has 0 bridgehead atoms. The van der Waals surface area contributed by atoms with Crippen molar-refractivity contribution in [1.29, 1.82) is 0 Å². The minimum absolute atomic E-state index is 0.296. The number of nitrogens with one attached hydrogen (secondary N) is 2. The van der Waals surface area contributed by atoms with Crippen molar-refractivity contribution < 1.29 is 4.79 Å². The highest BCUT2D eigenvalue weighted by molar-refractivity contribution is 6.42. The van der Waals surface area contributed by atoms with Gasteiger partial charge in [-0.05, 0) is 49.2 Å². The lowest BCUT2D eigenvalue weighted by atomic mass is 10.0. The van der Waals surface area contributed by atoms with E-state index in [1.807, 2.05) is 65.4 Å². The number of fused-ring (bicyclic) bond motifs is 1. The van der Waals surface area contributed by atoms with Gasteiger partial charge in [0.25, 0.3) is 0 Å². The Hall–Kier alpha value is -3.65. The summed E-state index contributed by atoms with van der Waals surface area (Å²) in [6.45, 7) is 3.35. The van der Waals surface area contributed by atoms with Crippen molar-refractivity contribution in [3.63, 3.8) is 0 Å². The second kappa shape index (κ2) is 10.6. The van der Waals surface area contributed by atoms with Crippen LogP contribution in [0.25, 0.3) is 16.6 Å². The monoisotopic (exact) mass is 546 g/mol. The van der Waals surface area contributed by atoms with Gasteiger partial charge in [0, 0.05) is 29.9 Å². The Morgan fingerprint density at radius 3 is 2.50 bits per heavy atom. The van der Waals surface area contributed by atoms with Gasteiger partial charge < -0.3 is 16.0 Å². The summed E-state index contributed by atoms with van der Waals surface area (Å²) in [5.41, 5.74) is 8.96. The molecule has 9 heteroatoms. The zero-order valence-corrected chi connectivity index (χ0v) is 22.6. The van der Waals surface area contributed by atoms with E-state index in [2.05, 4.69) is 26.6 Å². The number of rotatable bonds is 8. The lowest BCUT2D eigenvalue weighted by molar-refractivity contribution is -0.126. The highest BCUT2D eigenvalue weighted by Crippen LogP contribution is 2.30. The molecule has 4 N–H and O–H groups in total. The molecule has 2 heterocycles. The van der Waals surface area contributed by atoms with Crippen molar-refractivity contribution in [2.75, 3.05) is 0 Å². The van der Waals surface area contributed by atoms with Crippen molar-refractivity contribution in [3.8, 4) is 5.69 Å². The minimum atomic E-state index is -1.08. The van der Waals surface area contributed by atoms with E-state index in [0.717, 1.165) is 27.7 Å². The molecule has 2 aromatic heterocycles. The largest absolute Gasteiger partial charge is 0.361 e. The average Bonchev–Trinajstić information content (AvgIpc) is 3.49. The van der Waals surface area contributed by atoms with Crippen molar-refractivity contribution >= 4 is 40.0 Å². The molecule has 0 aliphatic carbocycles. The molecule has 0 saturated carbocycles. The summed E-state index contributed by atoms with van der Waals surface area (Å²) in [6, 6.07) is 22.9. The van der Waals surface area contributed by atoms with E-state index in [0.29, 0.717) is 34.5 Å². The molecule has 0 fully saturated rings. The Morgan fingerprint density at radius 1 is 1.03 bits per heavy atom. The fourth-order valence-electron chi connectivity index (χ4n) is 4.43. The molecule has 0 unspecified atom stereocenters. The standard InChI is InChI=1S/C29H28Cl2N6O/c1-29(2,32)28(38)34-25(15-19-17-33-24-11-7-6-10-21(19)24)27-36-35-26(14-18-8-4-3-5-9-18)37(27)20-12-13-22(30)23(31)16-20/h3-13,16-17,25,33H,14-15,32H2,1-2H3,(H,34,38)/t25-/m1/s1. The van der Waals surface area contributed by atoms with Crippen LogP contribution in [0.4, 0.5) is 0 Å². The van der Waals surface area contributed by atoms with Crippen LogP contribution in [0.1, 0.15) is 42.7 Å². The van der Waals surface area contributed by atoms with Crippen molar-refractivity contribution in [2.45, 2.75) is 38.3 Å². The number of carbonyl (C=O) groups excluding carboxylic acids is 1. The first-order valence-corrected chi connectivity index (χ1v) is 13.0. The molecule has 1 atom stereocenters. The van der Waals surface area contributed by atoms with Gasteiger partial charge in [-0.2, -0.15) is 0 Å². The first kappa shape index (κ1) is 26.0. The molecule has 0 saturated heterocycles. The number of carbonyl (C=O) groups is 1. The minimum Gasteiger partial charge on any atom is -0.361 e. The number of nitrogens with two attached hydrogens (primary N) is 1. The van der Waals surface area contributed by atoms with E-state index < -0.39 is 11.6 Å². The lowest BCUT2D eigenvalue weighted by Gasteiger charge is -2.25. The number of halogens is 2. The first-order chi connectivity index (χ1) is 18.2. The number of H-pyrrole nitrogens is 1. The predicted molar refractivity (Wildman–Crippen MR) is 152 cm³/mol. The summed E-state index contributed by atoms with van der Waals surface area (Å²) in [7, 11) is 0. The van der Waals surface area contributed by atoms with Crippen LogP contribution in [0.15, 0.2) is 79.0 Å². The van der Waals surface area contributed by atoms with Gasteiger partial charge in [-0.3, -0.25) is 9.36 Å². The molecule has 38 heavy (non-hydrogen) atoms. The van der Waals surface area contributed by atoms with Crippen LogP contribution in [0, 0.1) is 0 Å². The van der Waals surface area contributed by atoms with Gasteiger partial charge in [-0.25, -0.2) is 0 Å². The third kappa shape index (κ3) is 5.45. The Morgan fingerprint density at radius 2 is 1.76 bits per heavy atom. The third-order valence-corrected chi connectivity index (χ3v) is 7.16. The van der Waals surface area contributed by atoms with Crippen LogP contribution in [0.5, 0.6) is 0 Å². The van der Waals surface area contributed by atoms with Crippen LogP contribution >= 0.6 is 23.2 Å². The summed E-state index contributed by atoms with van der Waals surface area (Å²) in [6.07, 6.45) is 2.96. The summed E-state index contributed by atoms with van der Waals surface area (Å²) >= 11 is 12.7. The van der Waals surface area contributed by atoms with Gasteiger partial charge >= 0.3 is 0 Å². The number of nitrogens with zero attached hydrogens (tertiary/aromatic N) is 3. The summed E-state index contributed by atoms with van der Waals surface area (Å²) in [5.74, 6) is 0.975. The lowest BCUT2D eigenvalue weighted by Crippen LogP contribution is -2.50. The number of aromatic amines is 1. The molecular formula is C29H28Cl2N6O. The Labute approximate surface area is 231 Å². The normalized spacial score (nSPS) is 12.6. The van der Waals surface area contributed by atoms with Gasteiger partial charge in [0.2, 0.25) is 5.91 Å². The maximum absolute atomic E-state index is 13.1. The average molecular weight is 547 g/mol. The maximum Gasteiger partial charge on any atom is 0.240 e. The smallest absolute Gasteiger partial charge is 0.240 e. The molecule has 194 valence electrons. The molecule has 0 aliphatic rings.